The lowest BCUT2D eigenvalue weighted by Crippen LogP contribution is -2.31. The van der Waals surface area contributed by atoms with Gasteiger partial charge in [-0.15, -0.1) is 0 Å². The van der Waals surface area contributed by atoms with E-state index in [-0.39, 0.29) is 30.3 Å². The molecule has 4 nitrogen and oxygen atoms in total. The first-order valence-electron chi connectivity index (χ1n) is 6.47. The third-order valence-electron chi connectivity index (χ3n) is 2.54. The van der Waals surface area contributed by atoms with Crippen LogP contribution in [0.3, 0.4) is 0 Å². The Bertz CT molecular complexity index is 452. The molecule has 0 spiro atoms. The number of carbonyl (C=O) groups excluding carboxylic acids is 2. The number of nitrogens with one attached hydrogen (secondary N) is 1. The third-order valence-corrected chi connectivity index (χ3v) is 2.54. The van der Waals surface area contributed by atoms with Crippen molar-refractivity contribution in [1.82, 2.24) is 5.32 Å². The lowest BCUT2D eigenvalue weighted by atomic mass is 10.1. The van der Waals surface area contributed by atoms with Crippen LogP contribution in [0.15, 0.2) is 24.3 Å². The molecule has 0 fully saturated rings. The van der Waals surface area contributed by atoms with Crippen LogP contribution in [0.2, 0.25) is 0 Å². The van der Waals surface area contributed by atoms with E-state index in [1.165, 1.54) is 0 Å². The summed E-state index contributed by atoms with van der Waals surface area (Å²) in [6.07, 6.45) is 0.0563. The van der Waals surface area contributed by atoms with Crippen molar-refractivity contribution in [3.05, 3.63) is 29.8 Å². The molecule has 0 heterocycles. The first kappa shape index (κ1) is 15.2. The van der Waals surface area contributed by atoms with Crippen LogP contribution in [0.25, 0.3) is 0 Å². The Morgan fingerprint density at radius 1 is 1.21 bits per heavy atom. The Kier molecular flexibility index (Phi) is 5.55. The van der Waals surface area contributed by atoms with Crippen LogP contribution in [0.5, 0.6) is 5.75 Å². The van der Waals surface area contributed by atoms with E-state index in [1.54, 1.807) is 24.3 Å². The molecular formula is C15H21NO3. The largest absolute Gasteiger partial charge is 0.491 e. The molecule has 4 heteroatoms. The van der Waals surface area contributed by atoms with Gasteiger partial charge in [-0.1, -0.05) is 19.9 Å². The maximum Gasteiger partial charge on any atom is 0.251 e. The van der Waals surface area contributed by atoms with E-state index >= 15 is 0 Å². The van der Waals surface area contributed by atoms with Crippen LogP contribution in [-0.2, 0) is 4.79 Å². The lowest BCUT2D eigenvalue weighted by molar-refractivity contribution is -0.120. The number of rotatable bonds is 6. The van der Waals surface area contributed by atoms with Crippen molar-refractivity contribution in [3.8, 4) is 5.75 Å². The van der Waals surface area contributed by atoms with Crippen molar-refractivity contribution in [2.45, 2.75) is 33.8 Å². The highest BCUT2D eigenvalue weighted by Gasteiger charge is 2.11. The predicted octanol–water partition coefficient (Wildman–Crippen LogP) is 2.43. The van der Waals surface area contributed by atoms with Gasteiger partial charge in [-0.3, -0.25) is 9.59 Å². The quantitative estimate of drug-likeness (QED) is 0.857. The van der Waals surface area contributed by atoms with Crippen LogP contribution in [0.4, 0.5) is 0 Å². The van der Waals surface area contributed by atoms with Gasteiger partial charge in [0, 0.05) is 11.5 Å². The second-order valence-electron chi connectivity index (χ2n) is 5.00. The Labute approximate surface area is 114 Å². The highest BCUT2D eigenvalue weighted by molar-refractivity contribution is 5.97. The number of Topliss-reactive ketones (excluding diaryl/α,β-unsaturated/α-hetero) is 1. The number of benzene rings is 1. The molecule has 104 valence electrons. The standard InChI is InChI=1S/C15H21NO3/c1-10(2)14(17)9-16-15(18)12-6-5-7-13(8-12)19-11(3)4/h5-8,10-11H,9H2,1-4H3,(H,16,18). The molecule has 0 aliphatic carbocycles. The summed E-state index contributed by atoms with van der Waals surface area (Å²) in [6, 6.07) is 6.94. The number of hydrogen-bond acceptors (Lipinski definition) is 3. The number of ketones is 1. The fraction of sp³-hybridized carbons (Fsp3) is 0.467. The van der Waals surface area contributed by atoms with Crippen molar-refractivity contribution >= 4 is 11.7 Å². The summed E-state index contributed by atoms with van der Waals surface area (Å²) in [5, 5.41) is 2.62. The van der Waals surface area contributed by atoms with Gasteiger partial charge in [-0.25, -0.2) is 0 Å². The topological polar surface area (TPSA) is 55.4 Å². The lowest BCUT2D eigenvalue weighted by Gasteiger charge is -2.11. The van der Waals surface area contributed by atoms with Crippen LogP contribution in [0, 0.1) is 5.92 Å². The van der Waals surface area contributed by atoms with Gasteiger partial charge < -0.3 is 10.1 Å². The highest BCUT2D eigenvalue weighted by Crippen LogP contribution is 2.14. The second kappa shape index (κ2) is 6.92. The average molecular weight is 263 g/mol. The van der Waals surface area contributed by atoms with Crippen molar-refractivity contribution < 1.29 is 14.3 Å². The molecule has 0 aliphatic rings. The van der Waals surface area contributed by atoms with Gasteiger partial charge in [0.2, 0.25) is 0 Å². The smallest absolute Gasteiger partial charge is 0.251 e. The maximum atomic E-state index is 11.9. The van der Waals surface area contributed by atoms with Crippen LogP contribution >= 0.6 is 0 Å². The summed E-state index contributed by atoms with van der Waals surface area (Å²) >= 11 is 0. The van der Waals surface area contributed by atoms with E-state index in [1.807, 2.05) is 27.7 Å². The Morgan fingerprint density at radius 2 is 1.89 bits per heavy atom. The van der Waals surface area contributed by atoms with Crippen LogP contribution < -0.4 is 10.1 Å². The van der Waals surface area contributed by atoms with Gasteiger partial charge in [0.15, 0.2) is 5.78 Å². The summed E-state index contributed by atoms with van der Waals surface area (Å²) in [4.78, 5) is 23.3. The van der Waals surface area contributed by atoms with E-state index in [2.05, 4.69) is 5.32 Å². The van der Waals surface area contributed by atoms with E-state index < -0.39 is 0 Å². The zero-order valence-electron chi connectivity index (χ0n) is 11.9. The molecule has 0 atom stereocenters. The van der Waals surface area contributed by atoms with Crippen LogP contribution in [-0.4, -0.2) is 24.3 Å². The molecule has 1 aromatic carbocycles. The molecule has 0 saturated carbocycles. The maximum absolute atomic E-state index is 11.9. The van der Waals surface area contributed by atoms with E-state index in [4.69, 9.17) is 4.74 Å². The summed E-state index contributed by atoms with van der Waals surface area (Å²) in [5.41, 5.74) is 0.495. The minimum atomic E-state index is -0.261. The van der Waals surface area contributed by atoms with Crippen molar-refractivity contribution in [3.63, 3.8) is 0 Å². The molecule has 0 radical (unpaired) electrons. The second-order valence-corrected chi connectivity index (χ2v) is 5.00. The molecule has 0 bridgehead atoms. The average Bonchev–Trinajstić information content (AvgIpc) is 2.34. The molecule has 0 aromatic heterocycles. The zero-order chi connectivity index (χ0) is 14.4. The normalized spacial score (nSPS) is 10.6. The first-order chi connectivity index (χ1) is 8.90. The molecule has 1 aromatic rings. The van der Waals surface area contributed by atoms with Gasteiger partial charge in [0.1, 0.15) is 5.75 Å². The van der Waals surface area contributed by atoms with Crippen molar-refractivity contribution in [2.24, 2.45) is 5.92 Å². The molecule has 19 heavy (non-hydrogen) atoms. The molecule has 1 N–H and O–H groups in total. The summed E-state index contributed by atoms with van der Waals surface area (Å²) in [7, 11) is 0. The summed E-state index contributed by atoms with van der Waals surface area (Å²) in [5.74, 6) is 0.333. The van der Waals surface area contributed by atoms with E-state index in [0.717, 1.165) is 0 Å². The zero-order valence-corrected chi connectivity index (χ0v) is 11.9. The highest BCUT2D eigenvalue weighted by atomic mass is 16.5. The van der Waals surface area contributed by atoms with Crippen molar-refractivity contribution in [1.29, 1.82) is 0 Å². The van der Waals surface area contributed by atoms with Gasteiger partial charge in [-0.2, -0.15) is 0 Å². The molecule has 0 unspecified atom stereocenters. The van der Waals surface area contributed by atoms with E-state index in [9.17, 15) is 9.59 Å². The molecule has 0 saturated heterocycles. The molecular weight excluding hydrogens is 242 g/mol. The SMILES string of the molecule is CC(C)Oc1cccc(C(=O)NCC(=O)C(C)C)c1. The Balaban J connectivity index is 2.64. The monoisotopic (exact) mass is 263 g/mol. The molecule has 0 aliphatic heterocycles. The Hall–Kier alpha value is -1.84. The minimum absolute atomic E-state index is 0.0166. The number of ether oxygens (including phenoxy) is 1. The number of amides is 1. The molecule has 1 amide bonds. The molecule has 1 rings (SSSR count). The number of carbonyl (C=O) groups is 2. The summed E-state index contributed by atoms with van der Waals surface area (Å²) < 4.78 is 5.52. The summed E-state index contributed by atoms with van der Waals surface area (Å²) in [6.45, 7) is 7.53. The minimum Gasteiger partial charge on any atom is -0.491 e. The van der Waals surface area contributed by atoms with Gasteiger partial charge in [0.25, 0.3) is 5.91 Å². The van der Waals surface area contributed by atoms with Crippen molar-refractivity contribution in [2.75, 3.05) is 6.54 Å². The van der Waals surface area contributed by atoms with Gasteiger partial charge in [0.05, 0.1) is 12.6 Å². The van der Waals surface area contributed by atoms with Crippen LogP contribution in [0.1, 0.15) is 38.1 Å². The van der Waals surface area contributed by atoms with Gasteiger partial charge >= 0.3 is 0 Å². The Morgan fingerprint density at radius 3 is 2.47 bits per heavy atom. The number of hydrogen-bond donors (Lipinski definition) is 1. The fourth-order valence-electron chi connectivity index (χ4n) is 1.46. The fourth-order valence-corrected chi connectivity index (χ4v) is 1.46. The van der Waals surface area contributed by atoms with E-state index in [0.29, 0.717) is 11.3 Å². The third kappa shape index (κ3) is 5.12. The first-order valence-corrected chi connectivity index (χ1v) is 6.47. The van der Waals surface area contributed by atoms with Gasteiger partial charge in [-0.05, 0) is 32.0 Å². The predicted molar refractivity (Wildman–Crippen MR) is 74.4 cm³/mol.